The van der Waals surface area contributed by atoms with E-state index in [0.717, 1.165) is 31.8 Å². The van der Waals surface area contributed by atoms with E-state index in [1.807, 2.05) is 31.3 Å². The van der Waals surface area contributed by atoms with Crippen molar-refractivity contribution in [2.24, 2.45) is 0 Å². The van der Waals surface area contributed by atoms with Crippen molar-refractivity contribution in [2.45, 2.75) is 26.6 Å². The molecule has 3 aromatic carbocycles. The summed E-state index contributed by atoms with van der Waals surface area (Å²) in [7, 11) is -1.56. The number of rotatable bonds is 3. The molecule has 0 unspecified atom stereocenters. The molecular formula is C27H24FNSSi. The summed E-state index contributed by atoms with van der Waals surface area (Å²) in [5, 5.41) is 5.14. The van der Waals surface area contributed by atoms with Crippen LogP contribution >= 0.6 is 11.3 Å². The number of hydrogen-bond donors (Lipinski definition) is 0. The van der Waals surface area contributed by atoms with E-state index in [1.54, 1.807) is 17.4 Å². The van der Waals surface area contributed by atoms with Crippen molar-refractivity contribution in [3.05, 3.63) is 84.3 Å². The van der Waals surface area contributed by atoms with E-state index < -0.39 is 8.07 Å². The number of benzene rings is 3. The lowest BCUT2D eigenvalue weighted by atomic mass is 10.0. The van der Waals surface area contributed by atoms with Gasteiger partial charge in [0.2, 0.25) is 0 Å². The topological polar surface area (TPSA) is 12.9 Å². The van der Waals surface area contributed by atoms with Crippen molar-refractivity contribution in [1.29, 1.82) is 0 Å². The second-order valence-corrected chi connectivity index (χ2v) is 15.3. The zero-order valence-electron chi connectivity index (χ0n) is 18.2. The van der Waals surface area contributed by atoms with Gasteiger partial charge in [-0.2, -0.15) is 0 Å². The first-order valence-corrected chi connectivity index (χ1v) is 14.8. The van der Waals surface area contributed by atoms with Gasteiger partial charge in [-0.1, -0.05) is 67.3 Å². The maximum Gasteiger partial charge on any atom is 0.132 e. The minimum absolute atomic E-state index is 0.173. The second-order valence-electron chi connectivity index (χ2n) is 9.17. The molecule has 0 saturated carbocycles. The predicted octanol–water partition coefficient (Wildman–Crippen LogP) is 7.78. The molecule has 5 rings (SSSR count). The van der Waals surface area contributed by atoms with Crippen LogP contribution in [-0.4, -0.2) is 13.1 Å². The number of aromatic nitrogens is 1. The molecule has 0 atom stereocenters. The van der Waals surface area contributed by atoms with Crippen LogP contribution in [0.1, 0.15) is 5.56 Å². The van der Waals surface area contributed by atoms with Gasteiger partial charge in [0.1, 0.15) is 5.82 Å². The van der Waals surface area contributed by atoms with Crippen molar-refractivity contribution >= 4 is 45.5 Å². The Morgan fingerprint density at radius 1 is 0.871 bits per heavy atom. The fourth-order valence-electron chi connectivity index (χ4n) is 4.19. The Bertz CT molecular complexity index is 1450. The van der Waals surface area contributed by atoms with Gasteiger partial charge in [-0.25, -0.2) is 4.39 Å². The summed E-state index contributed by atoms with van der Waals surface area (Å²) in [6.07, 6.45) is 1.86. The Morgan fingerprint density at radius 2 is 1.68 bits per heavy atom. The van der Waals surface area contributed by atoms with Crippen LogP contribution in [0.4, 0.5) is 4.39 Å². The highest BCUT2D eigenvalue weighted by Gasteiger charge is 2.21. The van der Waals surface area contributed by atoms with Gasteiger partial charge in [0.15, 0.2) is 0 Å². The van der Waals surface area contributed by atoms with E-state index in [0.29, 0.717) is 5.56 Å². The lowest BCUT2D eigenvalue weighted by Crippen LogP contribution is -2.38. The van der Waals surface area contributed by atoms with Crippen LogP contribution in [0.3, 0.4) is 0 Å². The maximum atomic E-state index is 14.6. The van der Waals surface area contributed by atoms with Crippen molar-refractivity contribution in [2.75, 3.05) is 0 Å². The molecule has 1 nitrogen and oxygen atoms in total. The van der Waals surface area contributed by atoms with Gasteiger partial charge >= 0.3 is 0 Å². The van der Waals surface area contributed by atoms with Crippen LogP contribution in [0.25, 0.3) is 42.6 Å². The molecular weight excluding hydrogens is 417 g/mol. The summed E-state index contributed by atoms with van der Waals surface area (Å²) < 4.78 is 15.7. The molecule has 0 aliphatic carbocycles. The third kappa shape index (κ3) is 3.60. The first-order valence-electron chi connectivity index (χ1n) is 10.5. The Labute approximate surface area is 187 Å². The molecule has 0 fully saturated rings. The summed E-state index contributed by atoms with van der Waals surface area (Å²) in [5.74, 6) is -0.173. The first-order chi connectivity index (χ1) is 14.8. The Kier molecular flexibility index (Phi) is 4.80. The van der Waals surface area contributed by atoms with E-state index in [1.165, 1.54) is 16.0 Å². The number of fused-ring (bicyclic) bond motifs is 2. The second kappa shape index (κ2) is 7.40. The molecule has 4 heteroatoms. The zero-order valence-corrected chi connectivity index (χ0v) is 20.0. The molecule has 0 aliphatic heterocycles. The number of aryl methyl sites for hydroxylation is 1. The van der Waals surface area contributed by atoms with Crippen molar-refractivity contribution < 1.29 is 4.39 Å². The molecule has 0 aliphatic rings. The molecule has 31 heavy (non-hydrogen) atoms. The summed E-state index contributed by atoms with van der Waals surface area (Å²) in [4.78, 5) is 5.72. The maximum absolute atomic E-state index is 14.6. The Morgan fingerprint density at radius 3 is 2.45 bits per heavy atom. The van der Waals surface area contributed by atoms with E-state index in [4.69, 9.17) is 4.98 Å². The fourth-order valence-corrected chi connectivity index (χ4v) is 7.01. The highest BCUT2D eigenvalue weighted by molar-refractivity contribution is 7.22. The third-order valence-corrected chi connectivity index (χ3v) is 8.99. The van der Waals surface area contributed by atoms with E-state index in [2.05, 4.69) is 62.1 Å². The molecule has 0 radical (unpaired) electrons. The van der Waals surface area contributed by atoms with Crippen molar-refractivity contribution in [3.8, 4) is 21.7 Å². The largest absolute Gasteiger partial charge is 0.255 e. The number of halogens is 1. The van der Waals surface area contributed by atoms with Crippen molar-refractivity contribution in [1.82, 2.24) is 4.98 Å². The van der Waals surface area contributed by atoms with Crippen LogP contribution in [0.2, 0.25) is 19.6 Å². The molecule has 154 valence electrons. The summed E-state index contributed by atoms with van der Waals surface area (Å²) >= 11 is 1.62. The lowest BCUT2D eigenvalue weighted by molar-refractivity contribution is 0.630. The number of pyridine rings is 1. The van der Waals surface area contributed by atoms with Crippen LogP contribution < -0.4 is 5.19 Å². The molecule has 0 amide bonds. The van der Waals surface area contributed by atoms with Gasteiger partial charge in [-0.3, -0.25) is 4.98 Å². The summed E-state index contributed by atoms with van der Waals surface area (Å²) in [6, 6.07) is 22.7. The van der Waals surface area contributed by atoms with Gasteiger partial charge in [0.05, 0.1) is 18.5 Å². The minimum Gasteiger partial charge on any atom is -0.255 e. The lowest BCUT2D eigenvalue weighted by Gasteiger charge is -2.21. The highest BCUT2D eigenvalue weighted by Crippen LogP contribution is 2.39. The average molecular weight is 442 g/mol. The molecule has 5 aromatic rings. The molecule has 2 heterocycles. The van der Waals surface area contributed by atoms with Crippen molar-refractivity contribution in [3.63, 3.8) is 0 Å². The van der Waals surface area contributed by atoms with Crippen LogP contribution in [0.15, 0.2) is 72.9 Å². The highest BCUT2D eigenvalue weighted by atomic mass is 32.1. The van der Waals surface area contributed by atoms with Crippen LogP contribution in [-0.2, 0) is 0 Å². The van der Waals surface area contributed by atoms with Gasteiger partial charge in [-0.15, -0.1) is 11.3 Å². The third-order valence-electron chi connectivity index (χ3n) is 5.77. The Hall–Kier alpha value is -2.82. The predicted molar refractivity (Wildman–Crippen MR) is 136 cm³/mol. The SMILES string of the molecule is Cc1ccc(-c2cc3ccnc(-c4cc([Si](C)(C)C)c5ccccc5c4)c3s2)c(F)c1. The summed E-state index contributed by atoms with van der Waals surface area (Å²) in [6.45, 7) is 9.07. The monoisotopic (exact) mass is 441 g/mol. The fraction of sp³-hybridized carbons (Fsp3) is 0.148. The molecule has 0 bridgehead atoms. The number of hydrogen-bond acceptors (Lipinski definition) is 2. The van der Waals surface area contributed by atoms with Gasteiger partial charge < -0.3 is 0 Å². The first kappa shape index (κ1) is 20.1. The standard InChI is InChI=1S/C27H24FNSSi/c1-17-9-10-22(23(28)13-17)24-15-19-11-12-29-26(27(19)30-24)20-14-18-7-5-6-8-21(18)25(16-20)31(2,3)4/h5-16H,1-4H3. The summed E-state index contributed by atoms with van der Waals surface area (Å²) in [5.41, 5.74) is 3.70. The number of thiophene rings is 1. The average Bonchev–Trinajstić information content (AvgIpc) is 3.16. The Balaban J connectivity index is 1.74. The van der Waals surface area contributed by atoms with E-state index in [-0.39, 0.29) is 5.82 Å². The normalized spacial score (nSPS) is 12.0. The van der Waals surface area contributed by atoms with E-state index in [9.17, 15) is 4.39 Å². The van der Waals surface area contributed by atoms with Crippen LogP contribution in [0, 0.1) is 12.7 Å². The van der Waals surface area contributed by atoms with Gasteiger partial charge in [0, 0.05) is 22.2 Å². The molecule has 0 saturated heterocycles. The molecule has 0 N–H and O–H groups in total. The van der Waals surface area contributed by atoms with E-state index >= 15 is 0 Å². The molecule has 0 spiro atoms. The van der Waals surface area contributed by atoms with Gasteiger partial charge in [0.25, 0.3) is 0 Å². The quantitative estimate of drug-likeness (QED) is 0.261. The molecule has 2 aromatic heterocycles. The smallest absolute Gasteiger partial charge is 0.132 e. The number of nitrogens with zero attached hydrogens (tertiary/aromatic N) is 1. The zero-order chi connectivity index (χ0) is 21.8. The minimum atomic E-state index is -1.56. The van der Waals surface area contributed by atoms with Crippen LogP contribution in [0.5, 0.6) is 0 Å². The van der Waals surface area contributed by atoms with Gasteiger partial charge in [-0.05, 0) is 52.9 Å².